The maximum Gasteiger partial charge on any atom is 0.169 e. The van der Waals surface area contributed by atoms with E-state index < -0.39 is 0 Å². The highest BCUT2D eigenvalue weighted by atomic mass is 32.1. The van der Waals surface area contributed by atoms with Crippen molar-refractivity contribution in [3.05, 3.63) is 29.6 Å². The Kier molecular flexibility index (Phi) is 5.50. The van der Waals surface area contributed by atoms with E-state index in [1.165, 1.54) is 7.11 Å². The van der Waals surface area contributed by atoms with Crippen LogP contribution in [0.3, 0.4) is 0 Å². The topological polar surface area (TPSA) is 38.5 Å². The first-order chi connectivity index (χ1) is 8.45. The smallest absolute Gasteiger partial charge is 0.169 e. The average Bonchev–Trinajstić information content (AvgIpc) is 2.31. The minimum Gasteiger partial charge on any atom is -0.494 e. The Morgan fingerprint density at radius 3 is 2.78 bits per heavy atom. The van der Waals surface area contributed by atoms with Crippen molar-refractivity contribution in [1.29, 1.82) is 0 Å². The third-order valence-corrected chi connectivity index (χ3v) is 3.18. The van der Waals surface area contributed by atoms with Crippen molar-refractivity contribution in [2.24, 2.45) is 11.7 Å². The normalized spacial score (nSPS) is 12.5. The Balaban J connectivity index is 2.70. The molecule has 0 radical (unpaired) electrons. The maximum absolute atomic E-state index is 13.9. The third kappa shape index (κ3) is 3.92. The van der Waals surface area contributed by atoms with Gasteiger partial charge < -0.3 is 15.4 Å². The van der Waals surface area contributed by atoms with Gasteiger partial charge in [0.2, 0.25) is 0 Å². The van der Waals surface area contributed by atoms with Crippen LogP contribution in [-0.2, 0) is 6.54 Å². The Labute approximate surface area is 113 Å². The van der Waals surface area contributed by atoms with Crippen molar-refractivity contribution >= 4 is 17.2 Å². The molecule has 1 aromatic rings. The summed E-state index contributed by atoms with van der Waals surface area (Å²) in [4.78, 5) is 2.47. The van der Waals surface area contributed by atoms with Gasteiger partial charge in [-0.1, -0.05) is 31.3 Å². The zero-order valence-corrected chi connectivity index (χ0v) is 11.8. The number of benzene rings is 1. The van der Waals surface area contributed by atoms with E-state index in [0.717, 1.165) is 0 Å². The van der Waals surface area contributed by atoms with Crippen LogP contribution < -0.4 is 10.5 Å². The first kappa shape index (κ1) is 14.9. The summed E-state index contributed by atoms with van der Waals surface area (Å²) in [5.74, 6) is 0.0665. The quantitative estimate of drug-likeness (QED) is 0.804. The minimum absolute atomic E-state index is 0.110. The third-order valence-electron chi connectivity index (χ3n) is 2.77. The number of methoxy groups -OCH3 is 1. The van der Waals surface area contributed by atoms with Crippen LogP contribution in [0.5, 0.6) is 5.75 Å². The molecule has 1 aromatic carbocycles. The highest BCUT2D eigenvalue weighted by Crippen LogP contribution is 2.21. The molecule has 0 saturated heterocycles. The van der Waals surface area contributed by atoms with Crippen molar-refractivity contribution in [3.8, 4) is 5.75 Å². The Morgan fingerprint density at radius 1 is 1.56 bits per heavy atom. The van der Waals surface area contributed by atoms with Gasteiger partial charge in [-0.25, -0.2) is 4.39 Å². The van der Waals surface area contributed by atoms with E-state index in [4.69, 9.17) is 22.7 Å². The minimum atomic E-state index is -0.310. The van der Waals surface area contributed by atoms with E-state index in [1.807, 2.05) is 18.9 Å². The fourth-order valence-electron chi connectivity index (χ4n) is 1.75. The van der Waals surface area contributed by atoms with Crippen LogP contribution in [0.25, 0.3) is 0 Å². The highest BCUT2D eigenvalue weighted by Gasteiger charge is 2.13. The highest BCUT2D eigenvalue weighted by molar-refractivity contribution is 7.80. The fourth-order valence-corrected chi connectivity index (χ4v) is 1.82. The van der Waals surface area contributed by atoms with Crippen molar-refractivity contribution < 1.29 is 9.13 Å². The number of hydrogen-bond donors (Lipinski definition) is 1. The molecule has 0 aliphatic carbocycles. The molecule has 5 heteroatoms. The summed E-state index contributed by atoms with van der Waals surface area (Å²) >= 11 is 4.92. The van der Waals surface area contributed by atoms with Gasteiger partial charge >= 0.3 is 0 Å². The summed E-state index contributed by atoms with van der Waals surface area (Å²) in [5.41, 5.74) is 6.17. The van der Waals surface area contributed by atoms with Crippen LogP contribution in [0, 0.1) is 11.7 Å². The van der Waals surface area contributed by atoms with Gasteiger partial charge in [-0.05, 0) is 13.1 Å². The van der Waals surface area contributed by atoms with Gasteiger partial charge in [0, 0.05) is 24.6 Å². The van der Waals surface area contributed by atoms with Crippen LogP contribution in [0.2, 0.25) is 0 Å². The molecule has 0 spiro atoms. The van der Waals surface area contributed by atoms with Gasteiger partial charge in [0.05, 0.1) is 12.1 Å². The summed E-state index contributed by atoms with van der Waals surface area (Å²) in [6.45, 7) is 3.16. The van der Waals surface area contributed by atoms with Gasteiger partial charge in [-0.3, -0.25) is 0 Å². The molecule has 18 heavy (non-hydrogen) atoms. The van der Waals surface area contributed by atoms with Crippen molar-refractivity contribution in [3.63, 3.8) is 0 Å². The van der Waals surface area contributed by atoms with Crippen LogP contribution >= 0.6 is 12.2 Å². The number of hydrogen-bond acceptors (Lipinski definition) is 3. The van der Waals surface area contributed by atoms with E-state index in [1.54, 1.807) is 18.2 Å². The molecule has 0 aromatic heterocycles. The molecule has 1 unspecified atom stereocenters. The summed E-state index contributed by atoms with van der Waals surface area (Å²) < 4.78 is 18.9. The predicted octanol–water partition coefficient (Wildman–Crippen LogP) is 2.19. The van der Waals surface area contributed by atoms with Gasteiger partial charge in [0.15, 0.2) is 11.6 Å². The lowest BCUT2D eigenvalue weighted by molar-refractivity contribution is 0.300. The zero-order valence-electron chi connectivity index (χ0n) is 10.9. The van der Waals surface area contributed by atoms with E-state index >= 15 is 0 Å². The lowest BCUT2D eigenvalue weighted by atomic mass is 10.1. The maximum atomic E-state index is 13.9. The molecule has 3 nitrogen and oxygen atoms in total. The van der Waals surface area contributed by atoms with Crippen LogP contribution in [0.4, 0.5) is 4.39 Å². The van der Waals surface area contributed by atoms with E-state index in [2.05, 4.69) is 0 Å². The number of rotatable bonds is 6. The van der Waals surface area contributed by atoms with Crippen molar-refractivity contribution in [1.82, 2.24) is 4.90 Å². The lowest BCUT2D eigenvalue weighted by Crippen LogP contribution is -2.31. The molecule has 0 fully saturated rings. The lowest BCUT2D eigenvalue weighted by Gasteiger charge is -2.21. The molecule has 0 heterocycles. The Hall–Kier alpha value is -1.20. The predicted molar refractivity (Wildman–Crippen MR) is 75.2 cm³/mol. The number of ether oxygens (including phenoxy) is 1. The van der Waals surface area contributed by atoms with Gasteiger partial charge in [0.25, 0.3) is 0 Å². The second-order valence-corrected chi connectivity index (χ2v) is 4.90. The first-order valence-corrected chi connectivity index (χ1v) is 6.15. The SMILES string of the molecule is COc1cccc(CN(C)CC(C)C(N)=S)c1F. The summed E-state index contributed by atoms with van der Waals surface area (Å²) in [7, 11) is 3.37. The summed E-state index contributed by atoms with van der Waals surface area (Å²) in [6, 6.07) is 5.14. The molecule has 1 atom stereocenters. The molecular weight excluding hydrogens is 251 g/mol. The fraction of sp³-hybridized carbons (Fsp3) is 0.462. The van der Waals surface area contributed by atoms with Crippen LogP contribution in [0.15, 0.2) is 18.2 Å². The molecule has 0 aliphatic rings. The number of halogens is 1. The zero-order chi connectivity index (χ0) is 13.7. The average molecular weight is 270 g/mol. The molecule has 100 valence electrons. The van der Waals surface area contributed by atoms with Crippen molar-refractivity contribution in [2.75, 3.05) is 20.7 Å². The van der Waals surface area contributed by atoms with E-state index in [9.17, 15) is 4.39 Å². The monoisotopic (exact) mass is 270 g/mol. The Morgan fingerprint density at radius 2 is 2.22 bits per heavy atom. The largest absolute Gasteiger partial charge is 0.494 e. The summed E-state index contributed by atoms with van der Waals surface area (Å²) in [6.07, 6.45) is 0. The first-order valence-electron chi connectivity index (χ1n) is 5.75. The van der Waals surface area contributed by atoms with Gasteiger partial charge in [-0.15, -0.1) is 0 Å². The van der Waals surface area contributed by atoms with Crippen molar-refractivity contribution in [2.45, 2.75) is 13.5 Å². The second kappa shape index (κ2) is 6.66. The molecule has 1 rings (SSSR count). The molecular formula is C13H19FN2OS. The van der Waals surface area contributed by atoms with E-state index in [0.29, 0.717) is 23.6 Å². The number of nitrogens with zero attached hydrogens (tertiary/aromatic N) is 1. The van der Waals surface area contributed by atoms with Crippen LogP contribution in [-0.4, -0.2) is 30.6 Å². The molecule has 0 amide bonds. The van der Waals surface area contributed by atoms with Crippen LogP contribution in [0.1, 0.15) is 12.5 Å². The van der Waals surface area contributed by atoms with Gasteiger partial charge in [0.1, 0.15) is 0 Å². The number of thiocarbonyl (C=S) groups is 1. The van der Waals surface area contributed by atoms with Gasteiger partial charge in [-0.2, -0.15) is 0 Å². The molecule has 0 aliphatic heterocycles. The molecule has 0 bridgehead atoms. The second-order valence-electron chi connectivity index (χ2n) is 4.43. The number of nitrogens with two attached hydrogens (primary N) is 1. The summed E-state index contributed by atoms with van der Waals surface area (Å²) in [5, 5.41) is 0. The molecule has 2 N–H and O–H groups in total. The van der Waals surface area contributed by atoms with E-state index in [-0.39, 0.29) is 17.5 Å². The Bertz CT molecular complexity index is 425. The molecule has 0 saturated carbocycles. The standard InChI is InChI=1S/C13H19FN2OS/c1-9(13(15)18)7-16(2)8-10-5-4-6-11(17-3)12(10)14/h4-6,9H,7-8H2,1-3H3,(H2,15,18).